The molecule has 44 heavy (non-hydrogen) atoms. The average Bonchev–Trinajstić information content (AvgIpc) is 3.68. The van der Waals surface area contributed by atoms with Crippen molar-refractivity contribution in [2.24, 2.45) is 0 Å². The molecule has 1 unspecified atom stereocenters. The number of carbonyl (C=O) groups excluding carboxylic acids is 1. The van der Waals surface area contributed by atoms with Gasteiger partial charge in [0.25, 0.3) is 12.1 Å². The first-order valence-corrected chi connectivity index (χ1v) is 14.2. The summed E-state index contributed by atoms with van der Waals surface area (Å²) in [5.74, 6) is -6.27. The van der Waals surface area contributed by atoms with E-state index in [-0.39, 0.29) is 32.8 Å². The Kier molecular flexibility index (Phi) is 8.88. The standard InChI is InChI=1S/C27H19BrF6N4O5S/c1-2-40-25(39)22(43-23-19-20(28)21(17-7-8-18(29)42-17)44-24(19)36-13-35-23)27(33,34)15-5-3-4-6-16(15)41-11-14-9-10-37-38(14)12-26(30,31)32/h3-10,13,22H,2,11-12H2,1H3. The van der Waals surface area contributed by atoms with Crippen LogP contribution in [0.1, 0.15) is 18.2 Å². The van der Waals surface area contributed by atoms with Crippen LogP contribution >= 0.6 is 27.3 Å². The van der Waals surface area contributed by atoms with E-state index in [2.05, 4.69) is 31.0 Å². The van der Waals surface area contributed by atoms with Crippen LogP contribution < -0.4 is 9.47 Å². The molecule has 0 aliphatic heterocycles. The van der Waals surface area contributed by atoms with E-state index in [4.69, 9.17) is 18.6 Å². The fourth-order valence-corrected chi connectivity index (χ4v) is 6.03. The van der Waals surface area contributed by atoms with Gasteiger partial charge in [-0.3, -0.25) is 4.68 Å². The summed E-state index contributed by atoms with van der Waals surface area (Å²) in [7, 11) is 0. The molecule has 5 rings (SSSR count). The number of thiophene rings is 1. The van der Waals surface area contributed by atoms with Gasteiger partial charge in [-0.15, -0.1) is 11.3 Å². The van der Waals surface area contributed by atoms with Gasteiger partial charge in [0.15, 0.2) is 0 Å². The molecular formula is C27H19BrF6N4O5S. The molecule has 0 saturated carbocycles. The molecule has 0 saturated heterocycles. The van der Waals surface area contributed by atoms with Crippen LogP contribution in [0.5, 0.6) is 11.6 Å². The highest BCUT2D eigenvalue weighted by Crippen LogP contribution is 2.46. The van der Waals surface area contributed by atoms with E-state index in [9.17, 15) is 22.4 Å². The van der Waals surface area contributed by atoms with E-state index in [1.54, 1.807) is 0 Å². The lowest BCUT2D eigenvalue weighted by Crippen LogP contribution is -2.44. The molecule has 232 valence electrons. The molecule has 0 radical (unpaired) electrons. The third-order valence-corrected chi connectivity index (χ3v) is 8.17. The van der Waals surface area contributed by atoms with Crippen molar-refractivity contribution in [2.75, 3.05) is 6.61 Å². The Morgan fingerprint density at radius 1 is 1.11 bits per heavy atom. The average molecular weight is 705 g/mol. The van der Waals surface area contributed by atoms with Crippen molar-refractivity contribution in [3.05, 3.63) is 76.7 Å². The summed E-state index contributed by atoms with van der Waals surface area (Å²) in [6.07, 6.45) is -5.02. The van der Waals surface area contributed by atoms with E-state index < -0.39 is 60.5 Å². The second kappa shape index (κ2) is 12.5. The zero-order chi connectivity index (χ0) is 31.6. The van der Waals surface area contributed by atoms with Gasteiger partial charge in [0, 0.05) is 12.3 Å². The number of fused-ring (bicyclic) bond motifs is 1. The van der Waals surface area contributed by atoms with Crippen LogP contribution in [0.2, 0.25) is 0 Å². The molecule has 0 bridgehead atoms. The van der Waals surface area contributed by atoms with Crippen molar-refractivity contribution < 1.29 is 49.8 Å². The second-order valence-electron chi connectivity index (χ2n) is 8.96. The number of carbonyl (C=O) groups is 1. The Balaban J connectivity index is 1.49. The number of aromatic nitrogens is 4. The highest BCUT2D eigenvalue weighted by atomic mass is 79.9. The van der Waals surface area contributed by atoms with Crippen LogP contribution in [0.15, 0.2) is 63.9 Å². The molecule has 0 aliphatic carbocycles. The smallest absolute Gasteiger partial charge is 0.408 e. The summed E-state index contributed by atoms with van der Waals surface area (Å²) in [6.45, 7) is -0.789. The second-order valence-corrected chi connectivity index (χ2v) is 10.8. The van der Waals surface area contributed by atoms with E-state index in [0.29, 0.717) is 9.56 Å². The van der Waals surface area contributed by atoms with Crippen molar-refractivity contribution in [3.63, 3.8) is 0 Å². The van der Waals surface area contributed by atoms with Gasteiger partial charge in [-0.25, -0.2) is 14.8 Å². The van der Waals surface area contributed by atoms with Crippen molar-refractivity contribution in [3.8, 4) is 22.3 Å². The summed E-state index contributed by atoms with van der Waals surface area (Å²) >= 11 is 4.37. The maximum Gasteiger partial charge on any atom is 0.408 e. The Morgan fingerprint density at radius 2 is 1.89 bits per heavy atom. The van der Waals surface area contributed by atoms with Crippen LogP contribution in [0.4, 0.5) is 26.3 Å². The Bertz CT molecular complexity index is 1790. The first-order chi connectivity index (χ1) is 20.9. The van der Waals surface area contributed by atoms with E-state index in [0.717, 1.165) is 36.0 Å². The van der Waals surface area contributed by atoms with Crippen LogP contribution in [-0.2, 0) is 28.6 Å². The summed E-state index contributed by atoms with van der Waals surface area (Å²) < 4.78 is 107. The number of alkyl halides is 5. The van der Waals surface area contributed by atoms with Crippen LogP contribution in [0.3, 0.4) is 0 Å². The third-order valence-electron chi connectivity index (χ3n) is 6.01. The van der Waals surface area contributed by atoms with Crippen molar-refractivity contribution >= 4 is 43.5 Å². The predicted molar refractivity (Wildman–Crippen MR) is 147 cm³/mol. The number of esters is 1. The number of halogens is 7. The van der Waals surface area contributed by atoms with Crippen molar-refractivity contribution in [2.45, 2.75) is 38.3 Å². The van der Waals surface area contributed by atoms with E-state index >= 15 is 8.78 Å². The Labute approximate surface area is 256 Å². The number of benzene rings is 1. The molecule has 17 heteroatoms. The first kappa shape index (κ1) is 31.3. The van der Waals surface area contributed by atoms with E-state index in [1.165, 1.54) is 37.3 Å². The van der Waals surface area contributed by atoms with Crippen molar-refractivity contribution in [1.29, 1.82) is 0 Å². The van der Waals surface area contributed by atoms with Gasteiger partial charge in [0.2, 0.25) is 5.88 Å². The maximum absolute atomic E-state index is 16.3. The summed E-state index contributed by atoms with van der Waals surface area (Å²) in [4.78, 5) is 21.6. The van der Waals surface area contributed by atoms with Crippen molar-refractivity contribution in [1.82, 2.24) is 19.7 Å². The molecule has 0 spiro atoms. The predicted octanol–water partition coefficient (Wildman–Crippen LogP) is 7.29. The zero-order valence-corrected chi connectivity index (χ0v) is 24.7. The molecule has 0 aliphatic rings. The largest absolute Gasteiger partial charge is 0.487 e. The lowest BCUT2D eigenvalue weighted by atomic mass is 10.0. The fourth-order valence-electron chi connectivity index (χ4n) is 4.11. The van der Waals surface area contributed by atoms with Crippen LogP contribution in [0.25, 0.3) is 20.9 Å². The molecule has 4 heterocycles. The first-order valence-electron chi connectivity index (χ1n) is 12.6. The van der Waals surface area contributed by atoms with Crippen LogP contribution in [-0.4, -0.2) is 44.6 Å². The lowest BCUT2D eigenvalue weighted by Gasteiger charge is -2.27. The maximum atomic E-state index is 16.3. The SMILES string of the molecule is CCOC(=O)C(Oc1ncnc2sc(-c3ccc(F)o3)c(Br)c12)C(F)(F)c1ccccc1OCc1ccnn1CC(F)(F)F. The fraction of sp³-hybridized carbons (Fsp3) is 0.259. The number of nitrogens with zero attached hydrogens (tertiary/aromatic N) is 4. The number of ether oxygens (including phenoxy) is 3. The minimum atomic E-state index is -4.57. The van der Waals surface area contributed by atoms with E-state index in [1.807, 2.05) is 0 Å². The highest BCUT2D eigenvalue weighted by Gasteiger charge is 2.51. The zero-order valence-electron chi connectivity index (χ0n) is 22.3. The number of hydrogen-bond acceptors (Lipinski definition) is 9. The van der Waals surface area contributed by atoms with Gasteiger partial charge < -0.3 is 18.6 Å². The summed E-state index contributed by atoms with van der Waals surface area (Å²) in [5, 5.41) is 3.71. The van der Waals surface area contributed by atoms with Gasteiger partial charge in [-0.05, 0) is 47.1 Å². The van der Waals surface area contributed by atoms with Gasteiger partial charge >= 0.3 is 18.1 Å². The third kappa shape index (κ3) is 6.52. The minimum absolute atomic E-state index is 0.0310. The molecule has 1 atom stereocenters. The monoisotopic (exact) mass is 704 g/mol. The number of furan rings is 1. The number of hydrogen-bond donors (Lipinski definition) is 0. The number of para-hydroxylation sites is 1. The molecule has 5 aromatic rings. The van der Waals surface area contributed by atoms with Gasteiger partial charge in [-0.1, -0.05) is 12.1 Å². The molecule has 0 amide bonds. The number of rotatable bonds is 11. The Hall–Kier alpha value is -4.12. The Morgan fingerprint density at radius 3 is 2.59 bits per heavy atom. The minimum Gasteiger partial charge on any atom is -0.487 e. The lowest BCUT2D eigenvalue weighted by molar-refractivity contribution is -0.174. The molecule has 0 N–H and O–H groups in total. The highest BCUT2D eigenvalue weighted by molar-refractivity contribution is 9.10. The molecular weight excluding hydrogens is 686 g/mol. The molecule has 1 aromatic carbocycles. The topological polar surface area (TPSA) is 102 Å². The van der Waals surface area contributed by atoms with Crippen LogP contribution in [0, 0.1) is 6.01 Å². The molecule has 9 nitrogen and oxygen atoms in total. The van der Waals surface area contributed by atoms with Gasteiger partial charge in [0.05, 0.1) is 32.6 Å². The summed E-state index contributed by atoms with van der Waals surface area (Å²) in [5.41, 5.74) is -0.835. The summed E-state index contributed by atoms with van der Waals surface area (Å²) in [6, 6.07) is 7.65. The normalized spacial score (nSPS) is 12.8. The van der Waals surface area contributed by atoms with Gasteiger partial charge in [-0.2, -0.15) is 31.4 Å². The van der Waals surface area contributed by atoms with Gasteiger partial charge in [0.1, 0.15) is 35.8 Å². The molecule has 4 aromatic heterocycles. The molecule has 0 fully saturated rings. The quantitative estimate of drug-likeness (QED) is 0.104.